The molecular weight excluding hydrogens is 282 g/mol. The zero-order valence-corrected chi connectivity index (χ0v) is 14.4. The molecule has 0 bridgehead atoms. The fourth-order valence-corrected chi connectivity index (χ4v) is 2.72. The first-order valence-electron chi connectivity index (χ1n) is 7.68. The molecule has 1 atom stereocenters. The number of rotatable bonds is 9. The van der Waals surface area contributed by atoms with Gasteiger partial charge in [0.2, 0.25) is 5.91 Å². The maximum Gasteiger partial charge on any atom is 0.244 e. The Kier molecular flexibility index (Phi) is 8.23. The van der Waals surface area contributed by atoms with Gasteiger partial charge in [-0.3, -0.25) is 4.79 Å². The van der Waals surface area contributed by atoms with Crippen molar-refractivity contribution >= 4 is 23.3 Å². The number of thiazole rings is 1. The van der Waals surface area contributed by atoms with E-state index in [0.29, 0.717) is 0 Å². The predicted octanol–water partition coefficient (Wildman–Crippen LogP) is 3.09. The lowest BCUT2D eigenvalue weighted by Gasteiger charge is -2.19. The molecule has 0 aromatic carbocycles. The third kappa shape index (κ3) is 7.39. The maximum atomic E-state index is 11.8. The van der Waals surface area contributed by atoms with Crippen LogP contribution in [0.1, 0.15) is 44.3 Å². The Morgan fingerprint density at radius 2 is 2.19 bits per heavy atom. The minimum atomic E-state index is -0.0454. The second-order valence-electron chi connectivity index (χ2n) is 5.20. The molecule has 1 heterocycles. The van der Waals surface area contributed by atoms with E-state index in [0.717, 1.165) is 43.2 Å². The van der Waals surface area contributed by atoms with Crippen molar-refractivity contribution in [3.8, 4) is 0 Å². The van der Waals surface area contributed by atoms with Crippen LogP contribution in [0.2, 0.25) is 0 Å². The molecule has 0 fully saturated rings. The largest absolute Gasteiger partial charge is 0.350 e. The Bertz CT molecular complexity index is 452. The molecule has 1 aromatic heterocycles. The van der Waals surface area contributed by atoms with Crippen LogP contribution < -0.4 is 5.32 Å². The molecule has 0 aliphatic heterocycles. The van der Waals surface area contributed by atoms with E-state index < -0.39 is 0 Å². The Morgan fingerprint density at radius 3 is 2.76 bits per heavy atom. The quantitative estimate of drug-likeness (QED) is 0.713. The molecule has 0 aliphatic carbocycles. The van der Waals surface area contributed by atoms with Crippen LogP contribution in [-0.4, -0.2) is 41.5 Å². The highest BCUT2D eigenvalue weighted by Crippen LogP contribution is 2.09. The van der Waals surface area contributed by atoms with Crippen LogP contribution in [0.4, 0.5) is 0 Å². The first-order valence-corrected chi connectivity index (χ1v) is 8.56. The minimum absolute atomic E-state index is 0.0454. The number of hydrogen-bond acceptors (Lipinski definition) is 4. The molecule has 0 aliphatic rings. The van der Waals surface area contributed by atoms with Gasteiger partial charge in [-0.15, -0.1) is 11.3 Å². The van der Waals surface area contributed by atoms with E-state index in [1.165, 1.54) is 0 Å². The second kappa shape index (κ2) is 9.68. The van der Waals surface area contributed by atoms with E-state index in [2.05, 4.69) is 36.0 Å². The fraction of sp³-hybridized carbons (Fsp3) is 0.625. The molecule has 1 rings (SSSR count). The number of aromatic nitrogens is 1. The van der Waals surface area contributed by atoms with Crippen LogP contribution in [-0.2, 0) is 4.79 Å². The number of carbonyl (C=O) groups excluding carboxylic acids is 1. The van der Waals surface area contributed by atoms with Crippen molar-refractivity contribution in [2.24, 2.45) is 0 Å². The molecule has 4 nitrogen and oxygen atoms in total. The lowest BCUT2D eigenvalue weighted by atomic mass is 10.1. The van der Waals surface area contributed by atoms with Gasteiger partial charge in [-0.2, -0.15) is 0 Å². The van der Waals surface area contributed by atoms with Crippen LogP contribution in [0.15, 0.2) is 11.5 Å². The van der Waals surface area contributed by atoms with Crippen LogP contribution in [0, 0.1) is 6.92 Å². The van der Waals surface area contributed by atoms with Gasteiger partial charge in [0, 0.05) is 17.5 Å². The van der Waals surface area contributed by atoms with Crippen molar-refractivity contribution < 1.29 is 4.79 Å². The highest BCUT2D eigenvalue weighted by Gasteiger charge is 2.06. The molecule has 0 unspecified atom stereocenters. The summed E-state index contributed by atoms with van der Waals surface area (Å²) in [5.74, 6) is -0.0454. The standard InChI is InChI=1S/C16H27N3OS/c1-5-19(6-2)11-7-8-13(3)17-16(20)10-9-15-12-21-14(4)18-15/h9-10,12-13H,5-8,11H2,1-4H3,(H,17,20)/b10-9-/t13-/m1/s1. The molecule has 1 N–H and O–H groups in total. The van der Waals surface area contributed by atoms with Crippen molar-refractivity contribution in [1.29, 1.82) is 0 Å². The molecule has 5 heteroatoms. The summed E-state index contributed by atoms with van der Waals surface area (Å²) in [5.41, 5.74) is 0.849. The Labute approximate surface area is 132 Å². The molecular formula is C16H27N3OS. The van der Waals surface area contributed by atoms with E-state index >= 15 is 0 Å². The van der Waals surface area contributed by atoms with Crippen molar-refractivity contribution in [2.45, 2.75) is 46.6 Å². The smallest absolute Gasteiger partial charge is 0.244 e. The fourth-order valence-electron chi connectivity index (χ4n) is 2.14. The summed E-state index contributed by atoms with van der Waals surface area (Å²) in [6, 6.07) is 0.204. The highest BCUT2D eigenvalue weighted by molar-refractivity contribution is 7.09. The van der Waals surface area contributed by atoms with E-state index in [-0.39, 0.29) is 11.9 Å². The molecule has 1 amide bonds. The monoisotopic (exact) mass is 309 g/mol. The number of nitrogens with zero attached hydrogens (tertiary/aromatic N) is 2. The lowest BCUT2D eigenvalue weighted by Crippen LogP contribution is -2.32. The molecule has 1 aromatic rings. The predicted molar refractivity (Wildman–Crippen MR) is 90.5 cm³/mol. The van der Waals surface area contributed by atoms with Gasteiger partial charge in [0.05, 0.1) is 10.7 Å². The van der Waals surface area contributed by atoms with Gasteiger partial charge in [0.15, 0.2) is 0 Å². The zero-order chi connectivity index (χ0) is 15.7. The molecule has 118 valence electrons. The summed E-state index contributed by atoms with van der Waals surface area (Å²) >= 11 is 1.59. The zero-order valence-electron chi connectivity index (χ0n) is 13.6. The van der Waals surface area contributed by atoms with Crippen molar-refractivity contribution in [3.63, 3.8) is 0 Å². The van der Waals surface area contributed by atoms with E-state index in [1.807, 2.05) is 12.3 Å². The van der Waals surface area contributed by atoms with Crippen molar-refractivity contribution in [3.05, 3.63) is 22.2 Å². The summed E-state index contributed by atoms with van der Waals surface area (Å²) in [7, 11) is 0. The van der Waals surface area contributed by atoms with E-state index in [9.17, 15) is 4.79 Å². The highest BCUT2D eigenvalue weighted by atomic mass is 32.1. The summed E-state index contributed by atoms with van der Waals surface area (Å²) in [5, 5.41) is 5.96. The van der Waals surface area contributed by atoms with Gasteiger partial charge in [-0.25, -0.2) is 4.98 Å². The number of hydrogen-bond donors (Lipinski definition) is 1. The van der Waals surface area contributed by atoms with Gasteiger partial charge >= 0.3 is 0 Å². The van der Waals surface area contributed by atoms with E-state index in [4.69, 9.17) is 0 Å². The van der Waals surface area contributed by atoms with E-state index in [1.54, 1.807) is 23.5 Å². The van der Waals surface area contributed by atoms with Crippen LogP contribution in [0.3, 0.4) is 0 Å². The topological polar surface area (TPSA) is 45.2 Å². The average molecular weight is 309 g/mol. The Morgan fingerprint density at radius 1 is 1.48 bits per heavy atom. The number of carbonyl (C=O) groups is 1. The summed E-state index contributed by atoms with van der Waals surface area (Å²) in [6.07, 6.45) is 5.45. The molecule has 0 radical (unpaired) electrons. The van der Waals surface area contributed by atoms with Gasteiger partial charge in [-0.05, 0) is 52.4 Å². The lowest BCUT2D eigenvalue weighted by molar-refractivity contribution is -0.117. The van der Waals surface area contributed by atoms with Gasteiger partial charge in [0.1, 0.15) is 0 Å². The third-order valence-corrected chi connectivity index (χ3v) is 4.23. The maximum absolute atomic E-state index is 11.8. The number of amides is 1. The summed E-state index contributed by atoms with van der Waals surface area (Å²) in [4.78, 5) is 18.5. The molecule has 0 spiro atoms. The van der Waals surface area contributed by atoms with Crippen molar-refractivity contribution in [1.82, 2.24) is 15.2 Å². The number of nitrogens with one attached hydrogen (secondary N) is 1. The summed E-state index contributed by atoms with van der Waals surface area (Å²) in [6.45, 7) is 11.7. The summed E-state index contributed by atoms with van der Waals surface area (Å²) < 4.78 is 0. The number of aryl methyl sites for hydroxylation is 1. The molecule has 0 saturated heterocycles. The Hall–Kier alpha value is -1.20. The SMILES string of the molecule is CCN(CC)CCC[C@@H](C)NC(=O)/C=C\c1csc(C)n1. The van der Waals surface area contributed by atoms with Crippen LogP contribution >= 0.6 is 11.3 Å². The first-order chi connectivity index (χ1) is 10.0. The van der Waals surface area contributed by atoms with Gasteiger partial charge < -0.3 is 10.2 Å². The minimum Gasteiger partial charge on any atom is -0.350 e. The van der Waals surface area contributed by atoms with Gasteiger partial charge in [0.25, 0.3) is 0 Å². The third-order valence-electron chi connectivity index (χ3n) is 3.44. The van der Waals surface area contributed by atoms with Gasteiger partial charge in [-0.1, -0.05) is 13.8 Å². The van der Waals surface area contributed by atoms with Crippen LogP contribution in [0.25, 0.3) is 6.08 Å². The average Bonchev–Trinajstić information content (AvgIpc) is 2.87. The second-order valence-corrected chi connectivity index (χ2v) is 6.27. The Balaban J connectivity index is 2.25. The molecule has 0 saturated carbocycles. The van der Waals surface area contributed by atoms with Crippen molar-refractivity contribution in [2.75, 3.05) is 19.6 Å². The normalized spacial score (nSPS) is 13.0. The molecule has 21 heavy (non-hydrogen) atoms. The van der Waals surface area contributed by atoms with Crippen LogP contribution in [0.5, 0.6) is 0 Å². The first kappa shape index (κ1) is 17.9.